The summed E-state index contributed by atoms with van der Waals surface area (Å²) < 4.78 is 20.3. The first-order valence-electron chi connectivity index (χ1n) is 20.6. The Balaban J connectivity index is 0.786. The van der Waals surface area contributed by atoms with Gasteiger partial charge in [0.05, 0.1) is 19.8 Å². The molecule has 0 aliphatic rings. The van der Waals surface area contributed by atoms with E-state index in [9.17, 15) is 9.90 Å². The highest BCUT2D eigenvalue weighted by Gasteiger charge is 2.14. The van der Waals surface area contributed by atoms with Crippen molar-refractivity contribution in [2.24, 2.45) is 0 Å². The molecule has 1 N–H and O–H groups in total. The van der Waals surface area contributed by atoms with Gasteiger partial charge in [0.25, 0.3) is 0 Å². The molecule has 5 aromatic carbocycles. The van der Waals surface area contributed by atoms with Crippen LogP contribution < -0.4 is 9.64 Å². The second-order valence-electron chi connectivity index (χ2n) is 14.6. The van der Waals surface area contributed by atoms with E-state index in [1.54, 1.807) is 12.1 Å². The van der Waals surface area contributed by atoms with E-state index in [-0.39, 0.29) is 5.69 Å². The minimum Gasteiger partial charge on any atom is -0.491 e. The number of aromatic carboxylic acids is 1. The van der Waals surface area contributed by atoms with Crippen molar-refractivity contribution < 1.29 is 24.1 Å². The van der Waals surface area contributed by atoms with Crippen molar-refractivity contribution in [3.63, 3.8) is 0 Å². The third-order valence-electron chi connectivity index (χ3n) is 10.4. The number of carboxylic acid groups (broad SMARTS) is 1. The topological polar surface area (TPSA) is 86.0 Å². The highest BCUT2D eigenvalue weighted by Crippen LogP contribution is 2.34. The molecule has 0 atom stereocenters. The molecular formula is C50H53N3O5. The Morgan fingerprint density at radius 3 is 1.81 bits per heavy atom. The van der Waals surface area contributed by atoms with Gasteiger partial charge in [-0.3, -0.25) is 0 Å². The quantitative estimate of drug-likeness (QED) is 0.0648. The molecule has 0 amide bonds. The Hall–Kier alpha value is -5.96. The molecule has 0 radical (unpaired) electrons. The fourth-order valence-electron chi connectivity index (χ4n) is 7.49. The molecule has 0 aliphatic carbocycles. The van der Waals surface area contributed by atoms with Crippen LogP contribution >= 0.6 is 0 Å². The molecule has 0 unspecified atom stereocenters. The highest BCUT2D eigenvalue weighted by atomic mass is 16.5. The minimum atomic E-state index is -1.07. The Kier molecular flexibility index (Phi) is 14.6. The summed E-state index contributed by atoms with van der Waals surface area (Å²) in [5.41, 5.74) is 8.23. The zero-order valence-electron chi connectivity index (χ0n) is 33.2. The lowest BCUT2D eigenvalue weighted by molar-refractivity contribution is 0.0685. The fraction of sp³-hybridized carbons (Fsp3) is 0.280. The lowest BCUT2D eigenvalue weighted by Gasteiger charge is -2.25. The van der Waals surface area contributed by atoms with Gasteiger partial charge in [0.2, 0.25) is 0 Å². The van der Waals surface area contributed by atoms with Crippen molar-refractivity contribution >= 4 is 44.8 Å². The second kappa shape index (κ2) is 21.0. The number of anilines is 3. The van der Waals surface area contributed by atoms with Crippen molar-refractivity contribution in [3.05, 3.63) is 163 Å². The maximum Gasteiger partial charge on any atom is 0.358 e. The number of hydrogen-bond acceptors (Lipinski definition) is 6. The number of nitrogens with zero attached hydrogens (tertiary/aromatic N) is 3. The van der Waals surface area contributed by atoms with Crippen molar-refractivity contribution in [2.45, 2.75) is 71.1 Å². The lowest BCUT2D eigenvalue weighted by Crippen LogP contribution is -2.09. The summed E-state index contributed by atoms with van der Waals surface area (Å²) in [7, 11) is 0. The van der Waals surface area contributed by atoms with Crippen molar-refractivity contribution in [3.8, 4) is 5.75 Å². The largest absolute Gasteiger partial charge is 0.491 e. The summed E-state index contributed by atoms with van der Waals surface area (Å²) in [4.78, 5) is 17.5. The van der Waals surface area contributed by atoms with E-state index in [2.05, 4.69) is 130 Å². The maximum atomic E-state index is 11.4. The van der Waals surface area contributed by atoms with E-state index in [0.717, 1.165) is 88.2 Å². The SMILES string of the molecule is O=C(O)c1ncccc1OCCCCCCn1c2ccccc2c2cc(COCCCCCCOCc3ccc(N(c4ccccc4)c4ccccc4)cc3)ccc21. The van der Waals surface area contributed by atoms with Gasteiger partial charge in [-0.15, -0.1) is 0 Å². The number of para-hydroxylation sites is 3. The first-order chi connectivity index (χ1) is 28.7. The molecule has 0 saturated heterocycles. The van der Waals surface area contributed by atoms with Crippen molar-refractivity contribution in [1.82, 2.24) is 9.55 Å². The first kappa shape index (κ1) is 40.2. The normalized spacial score (nSPS) is 11.3. The molecule has 7 rings (SSSR count). The molecule has 8 heteroatoms. The van der Waals surface area contributed by atoms with Gasteiger partial charge in [0, 0.05) is 64.8 Å². The number of pyridine rings is 1. The summed E-state index contributed by atoms with van der Waals surface area (Å²) in [5, 5.41) is 11.9. The monoisotopic (exact) mass is 775 g/mol. The molecule has 0 bridgehead atoms. The molecule has 58 heavy (non-hydrogen) atoms. The van der Waals surface area contributed by atoms with Crippen LogP contribution in [0.2, 0.25) is 0 Å². The van der Waals surface area contributed by atoms with Crippen LogP contribution in [0, 0.1) is 0 Å². The molecule has 7 aromatic rings. The number of rotatable bonds is 23. The summed E-state index contributed by atoms with van der Waals surface area (Å²) in [6, 6.07) is 48.3. The first-order valence-corrected chi connectivity index (χ1v) is 20.6. The van der Waals surface area contributed by atoms with Gasteiger partial charge in [0.15, 0.2) is 11.4 Å². The highest BCUT2D eigenvalue weighted by molar-refractivity contribution is 6.08. The second-order valence-corrected chi connectivity index (χ2v) is 14.6. The molecule has 2 aromatic heterocycles. The molecule has 8 nitrogen and oxygen atoms in total. The van der Waals surface area contributed by atoms with Crippen LogP contribution in [-0.2, 0) is 29.2 Å². The van der Waals surface area contributed by atoms with Gasteiger partial charge in [0.1, 0.15) is 0 Å². The predicted octanol–water partition coefficient (Wildman–Crippen LogP) is 12.3. The molecule has 2 heterocycles. The van der Waals surface area contributed by atoms with Crippen molar-refractivity contribution in [2.75, 3.05) is 24.7 Å². The Bertz CT molecular complexity index is 2290. The zero-order valence-corrected chi connectivity index (χ0v) is 33.2. The Labute approximate surface area is 341 Å². The molecule has 0 spiro atoms. The van der Waals surface area contributed by atoms with E-state index < -0.39 is 5.97 Å². The van der Waals surface area contributed by atoms with Gasteiger partial charge < -0.3 is 28.8 Å². The molecule has 298 valence electrons. The van der Waals surface area contributed by atoms with E-state index >= 15 is 0 Å². The maximum absolute atomic E-state index is 11.4. The standard InChI is InChI=1S/C50H53N3O5/c54-50(55)49-48(24-17-31-51-49)58-35-16-2-1-13-32-52-46-23-12-11-22-44(46)45-36-40(27-30-47(45)52)38-57-34-15-4-3-14-33-56-37-39-25-28-43(29-26-39)53(41-18-7-5-8-19-41)42-20-9-6-10-21-42/h5-12,17-31,36H,1-4,13-16,32-35,37-38H2,(H,54,55). The van der Waals surface area contributed by atoms with E-state index in [0.29, 0.717) is 25.6 Å². The predicted molar refractivity (Wildman–Crippen MR) is 234 cm³/mol. The summed E-state index contributed by atoms with van der Waals surface area (Å²) in [6.45, 7) is 4.16. The van der Waals surface area contributed by atoms with Crippen LogP contribution in [0.25, 0.3) is 21.8 Å². The molecule has 0 aliphatic heterocycles. The average Bonchev–Trinajstić information content (AvgIpc) is 3.58. The van der Waals surface area contributed by atoms with E-state index in [1.165, 1.54) is 39.1 Å². The van der Waals surface area contributed by atoms with Crippen LogP contribution in [0.15, 0.2) is 146 Å². The molecule has 0 fully saturated rings. The van der Waals surface area contributed by atoms with Gasteiger partial charge >= 0.3 is 5.97 Å². The van der Waals surface area contributed by atoms with Crippen LogP contribution in [0.5, 0.6) is 5.75 Å². The number of benzene rings is 5. The number of aromatic nitrogens is 2. The number of hydrogen-bond donors (Lipinski definition) is 1. The summed E-state index contributed by atoms with van der Waals surface area (Å²) >= 11 is 0. The third kappa shape index (κ3) is 10.7. The van der Waals surface area contributed by atoms with Crippen LogP contribution in [0.4, 0.5) is 17.1 Å². The smallest absolute Gasteiger partial charge is 0.358 e. The summed E-state index contributed by atoms with van der Waals surface area (Å²) in [6.07, 6.45) is 9.80. The number of fused-ring (bicyclic) bond motifs is 3. The van der Waals surface area contributed by atoms with Crippen molar-refractivity contribution in [1.29, 1.82) is 0 Å². The number of carboxylic acids is 1. The number of aryl methyl sites for hydroxylation is 1. The number of ether oxygens (including phenoxy) is 3. The van der Waals surface area contributed by atoms with Crippen LogP contribution in [-0.4, -0.2) is 40.4 Å². The summed E-state index contributed by atoms with van der Waals surface area (Å²) in [5.74, 6) is -0.747. The van der Waals surface area contributed by atoms with Gasteiger partial charge in [-0.25, -0.2) is 9.78 Å². The Morgan fingerprint density at radius 1 is 0.552 bits per heavy atom. The zero-order chi connectivity index (χ0) is 39.8. The van der Waals surface area contributed by atoms with Gasteiger partial charge in [-0.2, -0.15) is 0 Å². The molecule has 0 saturated carbocycles. The Morgan fingerprint density at radius 2 is 1.12 bits per heavy atom. The third-order valence-corrected chi connectivity index (χ3v) is 10.4. The minimum absolute atomic E-state index is 0.0396. The fourth-order valence-corrected chi connectivity index (χ4v) is 7.49. The molecular weight excluding hydrogens is 723 g/mol. The van der Waals surface area contributed by atoms with Crippen LogP contribution in [0.1, 0.15) is 73.0 Å². The van der Waals surface area contributed by atoms with Gasteiger partial charge in [-0.05, 0) is 104 Å². The van der Waals surface area contributed by atoms with E-state index in [1.807, 2.05) is 12.1 Å². The number of unbranched alkanes of at least 4 members (excludes halogenated alkanes) is 6. The number of carbonyl (C=O) groups is 1. The average molecular weight is 776 g/mol. The lowest BCUT2D eigenvalue weighted by atomic mass is 10.1. The van der Waals surface area contributed by atoms with Gasteiger partial charge in [-0.1, -0.05) is 98.5 Å². The van der Waals surface area contributed by atoms with Crippen LogP contribution in [0.3, 0.4) is 0 Å². The van der Waals surface area contributed by atoms with E-state index in [4.69, 9.17) is 14.2 Å².